The van der Waals surface area contributed by atoms with Crippen LogP contribution in [0.15, 0.2) is 48.5 Å². The lowest BCUT2D eigenvalue weighted by Gasteiger charge is -2.35. The summed E-state index contributed by atoms with van der Waals surface area (Å²) in [6, 6.07) is 16.9. The number of likely N-dealkylation sites (tertiary alicyclic amines) is 1. The van der Waals surface area contributed by atoms with Crippen molar-refractivity contribution in [1.29, 1.82) is 0 Å². The molecule has 0 N–H and O–H groups in total. The third kappa shape index (κ3) is 4.07. The molecule has 4 rings (SSSR count). The monoisotopic (exact) mass is 397 g/mol. The lowest BCUT2D eigenvalue weighted by atomic mass is 9.74. The lowest BCUT2D eigenvalue weighted by molar-refractivity contribution is 0.207. The molecule has 1 aliphatic carbocycles. The summed E-state index contributed by atoms with van der Waals surface area (Å²) in [5, 5.41) is 0. The molecule has 2 aromatic rings. The van der Waals surface area contributed by atoms with Gasteiger partial charge in [0.2, 0.25) is 0 Å². The van der Waals surface area contributed by atoms with E-state index >= 15 is 0 Å². The van der Waals surface area contributed by atoms with Crippen LogP contribution in [0.5, 0.6) is 0 Å². The number of rotatable bonds is 4. The van der Waals surface area contributed by atoms with E-state index in [1.807, 2.05) is 12.1 Å². The summed E-state index contributed by atoms with van der Waals surface area (Å²) < 4.78 is 28.4. The highest BCUT2D eigenvalue weighted by atomic mass is 32.2. The third-order valence-electron chi connectivity index (χ3n) is 5.97. The van der Waals surface area contributed by atoms with Crippen molar-refractivity contribution in [2.75, 3.05) is 33.0 Å². The van der Waals surface area contributed by atoms with Gasteiger partial charge in [-0.2, -0.15) is 8.42 Å². The van der Waals surface area contributed by atoms with E-state index in [9.17, 15) is 8.42 Å². The van der Waals surface area contributed by atoms with Crippen molar-refractivity contribution in [3.05, 3.63) is 70.8 Å². The number of benzene rings is 2. The van der Waals surface area contributed by atoms with Gasteiger partial charge in [0.05, 0.1) is 12.9 Å². The fraction of sp³-hybridized carbons (Fsp3) is 0.391. The first-order valence-electron chi connectivity index (χ1n) is 9.84. The average Bonchev–Trinajstić information content (AvgIpc) is 2.81. The highest BCUT2D eigenvalue weighted by Gasteiger charge is 2.32. The average molecular weight is 398 g/mol. The second kappa shape index (κ2) is 7.82. The van der Waals surface area contributed by atoms with E-state index in [1.54, 1.807) is 0 Å². The predicted octanol–water partition coefficient (Wildman–Crippen LogP) is 3.99. The molecule has 0 radical (unpaired) electrons. The Morgan fingerprint density at radius 1 is 1.00 bits per heavy atom. The Bertz CT molecular complexity index is 988. The minimum atomic E-state index is -3.50. The maximum Gasteiger partial charge on any atom is 0.264 e. The molecule has 5 heteroatoms. The zero-order valence-corrected chi connectivity index (χ0v) is 17.3. The van der Waals surface area contributed by atoms with E-state index in [-0.39, 0.29) is 6.61 Å². The number of hydrogen-bond acceptors (Lipinski definition) is 4. The lowest BCUT2D eigenvalue weighted by Crippen LogP contribution is -2.33. The van der Waals surface area contributed by atoms with Crippen LogP contribution < -0.4 is 0 Å². The van der Waals surface area contributed by atoms with E-state index in [1.165, 1.54) is 24.0 Å². The fourth-order valence-corrected chi connectivity index (χ4v) is 4.92. The summed E-state index contributed by atoms with van der Waals surface area (Å²) in [5.41, 5.74) is 5.80. The molecule has 1 fully saturated rings. The van der Waals surface area contributed by atoms with Gasteiger partial charge in [0.15, 0.2) is 0 Å². The number of hydrogen-bond donors (Lipinski definition) is 0. The van der Waals surface area contributed by atoms with Crippen LogP contribution in [-0.4, -0.2) is 46.3 Å². The summed E-state index contributed by atoms with van der Waals surface area (Å²) in [6.07, 6.45) is 5.54. The molecule has 0 amide bonds. The van der Waals surface area contributed by atoms with E-state index < -0.39 is 10.1 Å². The standard InChI is InChI=1S/C23H27NO3S/c1-24-13-11-17(12-14-24)23-21-9-4-3-7-18(21)15-19(16-27-28(2,25)26)20-8-5-6-10-22(20)23/h3-10,15,17,23H,11-14,16H2,1-2H3. The Hall–Kier alpha value is -1.95. The Balaban J connectivity index is 1.82. The van der Waals surface area contributed by atoms with Crippen LogP contribution in [0, 0.1) is 5.92 Å². The normalized spacial score (nSPS) is 20.8. The van der Waals surface area contributed by atoms with Gasteiger partial charge in [-0.15, -0.1) is 0 Å². The first-order valence-corrected chi connectivity index (χ1v) is 11.7. The van der Waals surface area contributed by atoms with Gasteiger partial charge in [-0.1, -0.05) is 48.5 Å². The van der Waals surface area contributed by atoms with Gasteiger partial charge < -0.3 is 4.90 Å². The van der Waals surface area contributed by atoms with Crippen LogP contribution in [0.4, 0.5) is 0 Å². The van der Waals surface area contributed by atoms with E-state index in [0.717, 1.165) is 36.0 Å². The molecular weight excluding hydrogens is 370 g/mol. The largest absolute Gasteiger partial charge is 0.306 e. The second-order valence-electron chi connectivity index (χ2n) is 7.97. The summed E-state index contributed by atoms with van der Waals surface area (Å²) in [7, 11) is -1.31. The molecular formula is C23H27NO3S. The molecule has 0 bridgehead atoms. The minimum Gasteiger partial charge on any atom is -0.306 e. The molecule has 1 aliphatic heterocycles. The Morgan fingerprint density at radius 2 is 1.64 bits per heavy atom. The second-order valence-corrected chi connectivity index (χ2v) is 9.61. The molecule has 1 unspecified atom stereocenters. The highest BCUT2D eigenvalue weighted by molar-refractivity contribution is 7.86. The SMILES string of the molecule is CN1CCC(C2c3ccccc3C=C(COS(C)(=O)=O)c3ccccc32)CC1. The van der Waals surface area contributed by atoms with Crippen molar-refractivity contribution < 1.29 is 12.6 Å². The smallest absolute Gasteiger partial charge is 0.264 e. The van der Waals surface area contributed by atoms with E-state index in [0.29, 0.717) is 11.8 Å². The van der Waals surface area contributed by atoms with Gasteiger partial charge in [0.25, 0.3) is 10.1 Å². The van der Waals surface area contributed by atoms with Crippen LogP contribution in [-0.2, 0) is 14.3 Å². The molecule has 0 aromatic heterocycles. The Morgan fingerprint density at radius 3 is 2.36 bits per heavy atom. The molecule has 148 valence electrons. The molecule has 28 heavy (non-hydrogen) atoms. The van der Waals surface area contributed by atoms with Gasteiger partial charge >= 0.3 is 0 Å². The summed E-state index contributed by atoms with van der Waals surface area (Å²) in [5.74, 6) is 0.884. The Labute approximate surface area is 168 Å². The van der Waals surface area contributed by atoms with Crippen molar-refractivity contribution >= 4 is 21.8 Å². The van der Waals surface area contributed by atoms with Crippen molar-refractivity contribution in [2.24, 2.45) is 5.92 Å². The van der Waals surface area contributed by atoms with Crippen molar-refractivity contribution in [2.45, 2.75) is 18.8 Å². The molecule has 4 nitrogen and oxygen atoms in total. The summed E-state index contributed by atoms with van der Waals surface area (Å²) in [4.78, 5) is 2.40. The summed E-state index contributed by atoms with van der Waals surface area (Å²) in [6.45, 7) is 2.29. The third-order valence-corrected chi connectivity index (χ3v) is 6.51. The molecule has 1 heterocycles. The predicted molar refractivity (Wildman–Crippen MR) is 114 cm³/mol. The maximum atomic E-state index is 11.6. The zero-order valence-electron chi connectivity index (χ0n) is 16.5. The van der Waals surface area contributed by atoms with Crippen LogP contribution in [0.3, 0.4) is 0 Å². The molecule has 0 saturated carbocycles. The number of fused-ring (bicyclic) bond motifs is 2. The summed E-state index contributed by atoms with van der Waals surface area (Å²) >= 11 is 0. The fourth-order valence-electron chi connectivity index (χ4n) is 4.58. The van der Waals surface area contributed by atoms with Gasteiger partial charge in [-0.25, -0.2) is 0 Å². The molecule has 2 aliphatic rings. The van der Waals surface area contributed by atoms with Crippen LogP contribution >= 0.6 is 0 Å². The van der Waals surface area contributed by atoms with Crippen molar-refractivity contribution in [3.8, 4) is 0 Å². The van der Waals surface area contributed by atoms with Crippen LogP contribution in [0.1, 0.15) is 41.0 Å². The molecule has 1 atom stereocenters. The van der Waals surface area contributed by atoms with Crippen molar-refractivity contribution in [1.82, 2.24) is 4.90 Å². The van der Waals surface area contributed by atoms with E-state index in [4.69, 9.17) is 4.18 Å². The zero-order chi connectivity index (χ0) is 19.7. The first kappa shape index (κ1) is 19.4. The number of nitrogens with zero attached hydrogens (tertiary/aromatic N) is 1. The first-order chi connectivity index (χ1) is 13.4. The maximum absolute atomic E-state index is 11.6. The number of piperidine rings is 1. The van der Waals surface area contributed by atoms with Crippen LogP contribution in [0.25, 0.3) is 11.6 Å². The minimum absolute atomic E-state index is 0.0598. The molecule has 1 saturated heterocycles. The Kier molecular flexibility index (Phi) is 5.41. The van der Waals surface area contributed by atoms with Gasteiger partial charge in [0.1, 0.15) is 0 Å². The van der Waals surface area contributed by atoms with Crippen molar-refractivity contribution in [3.63, 3.8) is 0 Å². The van der Waals surface area contributed by atoms with Gasteiger partial charge in [0, 0.05) is 5.92 Å². The molecule has 2 aromatic carbocycles. The van der Waals surface area contributed by atoms with Gasteiger partial charge in [-0.05, 0) is 72.8 Å². The topological polar surface area (TPSA) is 46.6 Å². The van der Waals surface area contributed by atoms with E-state index in [2.05, 4.69) is 54.4 Å². The highest BCUT2D eigenvalue weighted by Crippen LogP contribution is 2.44. The quantitative estimate of drug-likeness (QED) is 0.732. The molecule has 0 spiro atoms. The van der Waals surface area contributed by atoms with Crippen LogP contribution in [0.2, 0.25) is 0 Å². The van der Waals surface area contributed by atoms with Gasteiger partial charge in [-0.3, -0.25) is 4.18 Å².